The Morgan fingerprint density at radius 2 is 2.21 bits per heavy atom. The van der Waals surface area contributed by atoms with Crippen LogP contribution in [0.25, 0.3) is 0 Å². The first kappa shape index (κ1) is 8.51. The minimum Gasteiger partial charge on any atom is -0.462 e. The number of carbonyl (C=O) groups is 1. The average Bonchev–Trinajstić information content (AvgIpc) is 2.68. The molecule has 2 bridgehead atoms. The highest BCUT2D eigenvalue weighted by Gasteiger charge is 2.53. The van der Waals surface area contributed by atoms with Crippen molar-refractivity contribution in [2.24, 2.45) is 23.7 Å². The van der Waals surface area contributed by atoms with E-state index in [0.29, 0.717) is 5.92 Å². The molecule has 0 N–H and O–H groups in total. The number of allylic oxidation sites excluding steroid dienone is 2. The summed E-state index contributed by atoms with van der Waals surface area (Å²) in [5.41, 5.74) is 0. The number of fused-ring (bicyclic) bond motifs is 5. The van der Waals surface area contributed by atoms with Crippen molar-refractivity contribution in [1.29, 1.82) is 0 Å². The van der Waals surface area contributed by atoms with E-state index in [1.54, 1.807) is 0 Å². The first-order valence-corrected chi connectivity index (χ1v) is 5.59. The summed E-state index contributed by atoms with van der Waals surface area (Å²) in [6.45, 7) is 1.52. The first-order valence-electron chi connectivity index (χ1n) is 5.59. The fraction of sp³-hybridized carbons (Fsp3) is 0.750. The molecule has 5 atom stereocenters. The highest BCUT2D eigenvalue weighted by Crippen LogP contribution is 2.57. The zero-order chi connectivity index (χ0) is 9.71. The van der Waals surface area contributed by atoms with E-state index >= 15 is 0 Å². The largest absolute Gasteiger partial charge is 0.462 e. The third-order valence-electron chi connectivity index (χ3n) is 4.26. The van der Waals surface area contributed by atoms with E-state index in [1.807, 2.05) is 0 Å². The van der Waals surface area contributed by atoms with Crippen LogP contribution in [0.3, 0.4) is 0 Å². The molecule has 3 aliphatic carbocycles. The van der Waals surface area contributed by atoms with Crippen LogP contribution in [0.15, 0.2) is 12.2 Å². The summed E-state index contributed by atoms with van der Waals surface area (Å²) in [5.74, 6) is 2.95. The lowest BCUT2D eigenvalue weighted by Crippen LogP contribution is -2.31. The van der Waals surface area contributed by atoms with E-state index in [2.05, 4.69) is 12.2 Å². The van der Waals surface area contributed by atoms with E-state index in [-0.39, 0.29) is 12.1 Å². The quantitative estimate of drug-likeness (QED) is 0.470. The van der Waals surface area contributed by atoms with Crippen molar-refractivity contribution in [3.05, 3.63) is 12.2 Å². The van der Waals surface area contributed by atoms with Gasteiger partial charge in [-0.15, -0.1) is 0 Å². The van der Waals surface area contributed by atoms with Crippen molar-refractivity contribution in [3.8, 4) is 0 Å². The number of ether oxygens (including phenoxy) is 1. The molecule has 3 rings (SSSR count). The van der Waals surface area contributed by atoms with Gasteiger partial charge in [0.1, 0.15) is 6.10 Å². The number of rotatable bonds is 1. The van der Waals surface area contributed by atoms with Gasteiger partial charge in [0.25, 0.3) is 0 Å². The van der Waals surface area contributed by atoms with Crippen LogP contribution in [0, 0.1) is 23.7 Å². The Morgan fingerprint density at radius 1 is 1.36 bits per heavy atom. The summed E-state index contributed by atoms with van der Waals surface area (Å²) in [4.78, 5) is 10.9. The molecule has 0 heterocycles. The Balaban J connectivity index is 1.75. The van der Waals surface area contributed by atoms with Gasteiger partial charge >= 0.3 is 5.97 Å². The van der Waals surface area contributed by atoms with Gasteiger partial charge in [-0.1, -0.05) is 12.2 Å². The summed E-state index contributed by atoms with van der Waals surface area (Å²) < 4.78 is 5.39. The number of hydrogen-bond donors (Lipinski definition) is 0. The van der Waals surface area contributed by atoms with Crippen LogP contribution in [0.5, 0.6) is 0 Å². The van der Waals surface area contributed by atoms with Crippen LogP contribution in [0.2, 0.25) is 0 Å². The second-order valence-electron chi connectivity index (χ2n) is 4.95. The molecule has 2 nitrogen and oxygen atoms in total. The second-order valence-corrected chi connectivity index (χ2v) is 4.95. The van der Waals surface area contributed by atoms with Crippen molar-refractivity contribution in [2.45, 2.75) is 32.3 Å². The zero-order valence-corrected chi connectivity index (χ0v) is 8.48. The van der Waals surface area contributed by atoms with Gasteiger partial charge in [-0.05, 0) is 42.9 Å². The van der Waals surface area contributed by atoms with Gasteiger partial charge in [0.15, 0.2) is 0 Å². The van der Waals surface area contributed by atoms with Crippen molar-refractivity contribution in [1.82, 2.24) is 0 Å². The molecule has 0 amide bonds. The van der Waals surface area contributed by atoms with Gasteiger partial charge in [0, 0.05) is 6.92 Å². The van der Waals surface area contributed by atoms with Crippen molar-refractivity contribution >= 4 is 5.97 Å². The molecule has 0 saturated heterocycles. The molecule has 0 aliphatic heterocycles. The fourth-order valence-corrected chi connectivity index (χ4v) is 3.84. The molecule has 0 aromatic heterocycles. The smallest absolute Gasteiger partial charge is 0.302 e. The van der Waals surface area contributed by atoms with Gasteiger partial charge < -0.3 is 4.74 Å². The topological polar surface area (TPSA) is 26.3 Å². The lowest BCUT2D eigenvalue weighted by atomic mass is 9.80. The molecule has 2 saturated carbocycles. The highest BCUT2D eigenvalue weighted by atomic mass is 16.5. The maximum atomic E-state index is 10.9. The van der Waals surface area contributed by atoms with Crippen LogP contribution < -0.4 is 0 Å². The van der Waals surface area contributed by atoms with Crippen LogP contribution >= 0.6 is 0 Å². The lowest BCUT2D eigenvalue weighted by molar-refractivity contribution is -0.150. The van der Waals surface area contributed by atoms with E-state index in [0.717, 1.165) is 24.2 Å². The van der Waals surface area contributed by atoms with E-state index < -0.39 is 0 Å². The lowest BCUT2D eigenvalue weighted by Gasteiger charge is -2.30. The van der Waals surface area contributed by atoms with Gasteiger partial charge in [0.2, 0.25) is 0 Å². The minimum absolute atomic E-state index is 0.106. The van der Waals surface area contributed by atoms with E-state index in [4.69, 9.17) is 4.74 Å². The molecule has 0 unspecified atom stereocenters. The number of esters is 1. The molecule has 76 valence electrons. The first-order chi connectivity index (χ1) is 6.75. The van der Waals surface area contributed by atoms with Gasteiger partial charge in [-0.2, -0.15) is 0 Å². The van der Waals surface area contributed by atoms with Gasteiger partial charge in [0.05, 0.1) is 0 Å². The Kier molecular flexibility index (Phi) is 1.73. The molecular weight excluding hydrogens is 176 g/mol. The van der Waals surface area contributed by atoms with Crippen LogP contribution in [0.4, 0.5) is 0 Å². The molecular formula is C12H16O2. The average molecular weight is 192 g/mol. The van der Waals surface area contributed by atoms with Crippen LogP contribution in [0.1, 0.15) is 26.2 Å². The predicted octanol–water partition coefficient (Wildman–Crippen LogP) is 2.15. The Morgan fingerprint density at radius 3 is 3.00 bits per heavy atom. The predicted molar refractivity (Wildman–Crippen MR) is 52.5 cm³/mol. The summed E-state index contributed by atoms with van der Waals surface area (Å²) in [5, 5.41) is 0. The van der Waals surface area contributed by atoms with Gasteiger partial charge in [-0.3, -0.25) is 4.79 Å². The molecule has 0 radical (unpaired) electrons. The van der Waals surface area contributed by atoms with Crippen LogP contribution in [-0.4, -0.2) is 12.1 Å². The maximum absolute atomic E-state index is 10.9. The summed E-state index contributed by atoms with van der Waals surface area (Å²) in [6, 6.07) is 0. The normalized spacial score (nSPS) is 48.2. The van der Waals surface area contributed by atoms with Crippen molar-refractivity contribution < 1.29 is 9.53 Å². The third-order valence-corrected chi connectivity index (χ3v) is 4.26. The highest BCUT2D eigenvalue weighted by molar-refractivity contribution is 5.66. The molecule has 2 heteroatoms. The van der Waals surface area contributed by atoms with E-state index in [1.165, 1.54) is 19.8 Å². The minimum atomic E-state index is -0.106. The van der Waals surface area contributed by atoms with Crippen molar-refractivity contribution in [3.63, 3.8) is 0 Å². The molecule has 2 fully saturated rings. The molecule has 0 aromatic carbocycles. The fourth-order valence-electron chi connectivity index (χ4n) is 3.84. The molecule has 0 spiro atoms. The van der Waals surface area contributed by atoms with Gasteiger partial charge in [-0.25, -0.2) is 0 Å². The number of hydrogen-bond acceptors (Lipinski definition) is 2. The summed E-state index contributed by atoms with van der Waals surface area (Å²) >= 11 is 0. The summed E-state index contributed by atoms with van der Waals surface area (Å²) in [6.07, 6.45) is 8.54. The standard InChI is InChI=1S/C12H16O2/c1-7(13)14-12-6-8-5-11(12)10-4-2-3-9(8)10/h2-3,8-12H,4-6H2,1H3/t8-,9+,10-,11-,12-/m1/s1. The molecule has 3 aliphatic rings. The summed E-state index contributed by atoms with van der Waals surface area (Å²) in [7, 11) is 0. The SMILES string of the molecule is CC(=O)O[C@@H]1C[C@H]2C[C@@H]1[C@@H]1CC=C[C@@H]21. The monoisotopic (exact) mass is 192 g/mol. The Hall–Kier alpha value is -0.790. The Labute approximate surface area is 84.3 Å². The van der Waals surface area contributed by atoms with Crippen LogP contribution in [-0.2, 0) is 9.53 Å². The zero-order valence-electron chi connectivity index (χ0n) is 8.48. The molecule has 0 aromatic rings. The number of carbonyl (C=O) groups excluding carboxylic acids is 1. The second kappa shape index (κ2) is 2.85. The molecule has 14 heavy (non-hydrogen) atoms. The van der Waals surface area contributed by atoms with E-state index in [9.17, 15) is 4.79 Å². The Bertz CT molecular complexity index is 295. The van der Waals surface area contributed by atoms with Crippen molar-refractivity contribution in [2.75, 3.05) is 0 Å². The third kappa shape index (κ3) is 1.06. The maximum Gasteiger partial charge on any atom is 0.302 e.